The van der Waals surface area contributed by atoms with E-state index in [1.54, 1.807) is 6.07 Å². The maximum absolute atomic E-state index is 12.0. The Morgan fingerprint density at radius 2 is 1.81 bits per heavy atom. The lowest BCUT2D eigenvalue weighted by Crippen LogP contribution is -2.46. The summed E-state index contributed by atoms with van der Waals surface area (Å²) in [5, 5.41) is 1.81. The van der Waals surface area contributed by atoms with Crippen LogP contribution >= 0.6 is 11.6 Å². The Bertz CT molecular complexity index is 1040. The Balaban J connectivity index is 1.53. The molecule has 1 aliphatic rings. The number of nitrogens with zero attached hydrogens (tertiary/aromatic N) is 2. The summed E-state index contributed by atoms with van der Waals surface area (Å²) >= 11 is 6.12. The fourth-order valence-electron chi connectivity index (χ4n) is 3.89. The van der Waals surface area contributed by atoms with Gasteiger partial charge in [0, 0.05) is 54.9 Å². The Labute approximate surface area is 164 Å². The molecule has 0 N–H and O–H groups in total. The lowest BCUT2D eigenvalue weighted by molar-refractivity contribution is 0.250. The van der Waals surface area contributed by atoms with Crippen molar-refractivity contribution in [3.8, 4) is 0 Å². The summed E-state index contributed by atoms with van der Waals surface area (Å²) in [5.41, 5.74) is 4.83. The average Bonchev–Trinajstić information content (AvgIpc) is 2.63. The molecule has 0 saturated carbocycles. The van der Waals surface area contributed by atoms with Crippen LogP contribution in [-0.2, 0) is 6.54 Å². The van der Waals surface area contributed by atoms with E-state index in [1.165, 1.54) is 11.3 Å². The van der Waals surface area contributed by atoms with Crippen molar-refractivity contribution >= 4 is 28.3 Å². The van der Waals surface area contributed by atoms with Gasteiger partial charge in [0.05, 0.1) is 0 Å². The van der Waals surface area contributed by atoms with Crippen molar-refractivity contribution in [3.05, 3.63) is 74.6 Å². The minimum atomic E-state index is -0.276. The third-order valence-corrected chi connectivity index (χ3v) is 5.43. The van der Waals surface area contributed by atoms with Gasteiger partial charge in [-0.1, -0.05) is 23.7 Å². The molecule has 1 aromatic heterocycles. The van der Waals surface area contributed by atoms with E-state index in [0.29, 0.717) is 5.58 Å². The van der Waals surface area contributed by atoms with Crippen molar-refractivity contribution in [1.82, 2.24) is 4.90 Å². The highest BCUT2D eigenvalue weighted by molar-refractivity contribution is 6.30. The molecule has 0 amide bonds. The van der Waals surface area contributed by atoms with Crippen molar-refractivity contribution in [2.45, 2.75) is 20.4 Å². The standard InChI is InChI=1S/C22H23ClN2O2/c1-15-10-16(2)22-20(11-15)17(12-21(26)27-22)14-24-6-8-25(9-7-24)19-5-3-4-18(23)13-19/h3-5,10-13H,6-9,14H2,1-2H3. The fraction of sp³-hybridized carbons (Fsp3) is 0.318. The molecule has 1 fully saturated rings. The summed E-state index contributed by atoms with van der Waals surface area (Å²) in [7, 11) is 0. The Morgan fingerprint density at radius 3 is 2.56 bits per heavy atom. The lowest BCUT2D eigenvalue weighted by Gasteiger charge is -2.36. The van der Waals surface area contributed by atoms with Gasteiger partial charge in [-0.15, -0.1) is 0 Å². The number of rotatable bonds is 3. The van der Waals surface area contributed by atoms with Crippen LogP contribution in [0.25, 0.3) is 11.0 Å². The molecule has 140 valence electrons. The topological polar surface area (TPSA) is 36.7 Å². The van der Waals surface area contributed by atoms with Crippen LogP contribution in [0.2, 0.25) is 5.02 Å². The normalized spacial score (nSPS) is 15.4. The summed E-state index contributed by atoms with van der Waals surface area (Å²) < 4.78 is 5.47. The maximum Gasteiger partial charge on any atom is 0.336 e. The van der Waals surface area contributed by atoms with Gasteiger partial charge in [0.15, 0.2) is 0 Å². The molecule has 5 heteroatoms. The first-order chi connectivity index (χ1) is 13.0. The number of halogens is 1. The third-order valence-electron chi connectivity index (χ3n) is 5.20. The van der Waals surface area contributed by atoms with Crippen LogP contribution in [0.5, 0.6) is 0 Å². The van der Waals surface area contributed by atoms with Crippen molar-refractivity contribution in [2.75, 3.05) is 31.1 Å². The second-order valence-corrected chi connectivity index (χ2v) is 7.73. The van der Waals surface area contributed by atoms with Gasteiger partial charge in [-0.05, 0) is 54.8 Å². The first-order valence-electron chi connectivity index (χ1n) is 9.26. The minimum Gasteiger partial charge on any atom is -0.422 e. The van der Waals surface area contributed by atoms with Crippen LogP contribution < -0.4 is 10.5 Å². The zero-order chi connectivity index (χ0) is 19.0. The molecule has 0 atom stereocenters. The molecule has 4 nitrogen and oxygen atoms in total. The van der Waals surface area contributed by atoms with Crippen LogP contribution in [0.3, 0.4) is 0 Å². The number of hydrogen-bond acceptors (Lipinski definition) is 4. The average molecular weight is 383 g/mol. The predicted molar refractivity (Wildman–Crippen MR) is 111 cm³/mol. The number of benzene rings is 2. The molecular weight excluding hydrogens is 360 g/mol. The largest absolute Gasteiger partial charge is 0.422 e. The van der Waals surface area contributed by atoms with E-state index in [2.05, 4.69) is 34.9 Å². The van der Waals surface area contributed by atoms with E-state index in [4.69, 9.17) is 16.0 Å². The molecule has 3 aromatic rings. The van der Waals surface area contributed by atoms with Crippen molar-refractivity contribution < 1.29 is 4.42 Å². The van der Waals surface area contributed by atoms with E-state index in [0.717, 1.165) is 54.3 Å². The maximum atomic E-state index is 12.0. The minimum absolute atomic E-state index is 0.276. The molecule has 2 heterocycles. The molecule has 0 aliphatic carbocycles. The van der Waals surface area contributed by atoms with Crippen molar-refractivity contribution in [2.24, 2.45) is 0 Å². The number of aryl methyl sites for hydroxylation is 2. The molecule has 0 bridgehead atoms. The molecule has 1 aliphatic heterocycles. The summed E-state index contributed by atoms with van der Waals surface area (Å²) in [6.07, 6.45) is 0. The quantitative estimate of drug-likeness (QED) is 0.630. The highest BCUT2D eigenvalue weighted by atomic mass is 35.5. The highest BCUT2D eigenvalue weighted by Gasteiger charge is 2.19. The Hall–Kier alpha value is -2.30. The zero-order valence-electron chi connectivity index (χ0n) is 15.7. The number of piperazine rings is 1. The van der Waals surface area contributed by atoms with Crippen molar-refractivity contribution in [3.63, 3.8) is 0 Å². The van der Waals surface area contributed by atoms with E-state index in [-0.39, 0.29) is 5.63 Å². The Kier molecular flexibility index (Phi) is 4.94. The van der Waals surface area contributed by atoms with Crippen LogP contribution in [0.4, 0.5) is 5.69 Å². The smallest absolute Gasteiger partial charge is 0.336 e. The molecule has 27 heavy (non-hydrogen) atoms. The summed E-state index contributed by atoms with van der Waals surface area (Å²) in [6, 6.07) is 13.8. The van der Waals surface area contributed by atoms with Gasteiger partial charge in [0.2, 0.25) is 0 Å². The second-order valence-electron chi connectivity index (χ2n) is 7.29. The summed E-state index contributed by atoms with van der Waals surface area (Å²) in [6.45, 7) is 8.60. The third kappa shape index (κ3) is 3.87. The highest BCUT2D eigenvalue weighted by Crippen LogP contribution is 2.25. The summed E-state index contributed by atoms with van der Waals surface area (Å²) in [4.78, 5) is 16.8. The molecule has 2 aromatic carbocycles. The van der Waals surface area contributed by atoms with Gasteiger partial charge in [-0.3, -0.25) is 4.90 Å². The fourth-order valence-corrected chi connectivity index (χ4v) is 4.07. The first-order valence-corrected chi connectivity index (χ1v) is 9.64. The van der Waals surface area contributed by atoms with Crippen LogP contribution in [0, 0.1) is 13.8 Å². The molecule has 0 radical (unpaired) electrons. The number of anilines is 1. The van der Waals surface area contributed by atoms with Gasteiger partial charge in [-0.2, -0.15) is 0 Å². The monoisotopic (exact) mass is 382 g/mol. The van der Waals surface area contributed by atoms with Gasteiger partial charge in [0.25, 0.3) is 0 Å². The van der Waals surface area contributed by atoms with Gasteiger partial charge < -0.3 is 9.32 Å². The van der Waals surface area contributed by atoms with Gasteiger partial charge >= 0.3 is 5.63 Å². The van der Waals surface area contributed by atoms with E-state index in [1.807, 2.05) is 25.1 Å². The second kappa shape index (κ2) is 7.37. The van der Waals surface area contributed by atoms with Gasteiger partial charge in [0.1, 0.15) is 5.58 Å². The zero-order valence-corrected chi connectivity index (χ0v) is 16.4. The number of fused-ring (bicyclic) bond motifs is 1. The SMILES string of the molecule is Cc1cc(C)c2oc(=O)cc(CN3CCN(c4cccc(Cl)c4)CC3)c2c1. The van der Waals surface area contributed by atoms with E-state index < -0.39 is 0 Å². The molecular formula is C22H23ClN2O2. The Morgan fingerprint density at radius 1 is 1.04 bits per heavy atom. The van der Waals surface area contributed by atoms with Crippen LogP contribution in [0.15, 0.2) is 51.7 Å². The summed E-state index contributed by atoms with van der Waals surface area (Å²) in [5.74, 6) is 0. The number of hydrogen-bond donors (Lipinski definition) is 0. The molecule has 1 saturated heterocycles. The predicted octanol–water partition coefficient (Wildman–Crippen LogP) is 4.39. The van der Waals surface area contributed by atoms with Crippen LogP contribution in [0.1, 0.15) is 16.7 Å². The molecule has 0 unspecified atom stereocenters. The molecule has 0 spiro atoms. The van der Waals surface area contributed by atoms with Crippen molar-refractivity contribution in [1.29, 1.82) is 0 Å². The first kappa shape index (κ1) is 18.1. The van der Waals surface area contributed by atoms with E-state index in [9.17, 15) is 4.79 Å². The molecule has 4 rings (SSSR count). The lowest BCUT2D eigenvalue weighted by atomic mass is 10.0. The van der Waals surface area contributed by atoms with E-state index >= 15 is 0 Å². The van der Waals surface area contributed by atoms with Crippen LogP contribution in [-0.4, -0.2) is 31.1 Å². The van der Waals surface area contributed by atoms with Gasteiger partial charge in [-0.25, -0.2) is 4.79 Å².